The molecule has 1 unspecified atom stereocenters. The topological polar surface area (TPSA) is 98.3 Å². The van der Waals surface area contributed by atoms with Crippen LogP contribution in [0.15, 0.2) is 66.8 Å². The van der Waals surface area contributed by atoms with E-state index in [9.17, 15) is 14.3 Å². The molecule has 4 aromatic heterocycles. The second-order valence-electron chi connectivity index (χ2n) is 10.8. The Kier molecular flexibility index (Phi) is 7.17. The number of hydrogen-bond acceptors (Lipinski definition) is 7. The number of ether oxygens (including phenoxy) is 1. The maximum absolute atomic E-state index is 15.9. The van der Waals surface area contributed by atoms with Gasteiger partial charge in [-0.3, -0.25) is 9.48 Å². The molecule has 5 heterocycles. The normalized spacial score (nSPS) is 14.7. The summed E-state index contributed by atoms with van der Waals surface area (Å²) in [6.45, 7) is 5.96. The fourth-order valence-corrected chi connectivity index (χ4v) is 6.99. The van der Waals surface area contributed by atoms with E-state index in [2.05, 4.69) is 11.6 Å². The average Bonchev–Trinajstić information content (AvgIpc) is 3.78. The van der Waals surface area contributed by atoms with Crippen LogP contribution in [0, 0.1) is 11.6 Å². The Morgan fingerprint density at radius 1 is 1.16 bits per heavy atom. The van der Waals surface area contributed by atoms with Crippen molar-refractivity contribution in [2.24, 2.45) is 7.05 Å². The second-order valence-corrected chi connectivity index (χ2v) is 11.7. The van der Waals surface area contributed by atoms with Gasteiger partial charge in [0.1, 0.15) is 35.4 Å². The Labute approximate surface area is 260 Å². The molecule has 12 heteroatoms. The molecule has 2 aromatic carbocycles. The van der Waals surface area contributed by atoms with Crippen molar-refractivity contribution in [2.45, 2.75) is 19.5 Å². The summed E-state index contributed by atoms with van der Waals surface area (Å²) in [6, 6.07) is 11.3. The van der Waals surface area contributed by atoms with Gasteiger partial charge in [0.2, 0.25) is 5.91 Å². The molecule has 6 aromatic rings. The molecule has 228 valence electrons. The zero-order valence-electron chi connectivity index (χ0n) is 24.5. The van der Waals surface area contributed by atoms with E-state index < -0.39 is 11.6 Å². The van der Waals surface area contributed by atoms with Crippen molar-refractivity contribution in [3.63, 3.8) is 0 Å². The van der Waals surface area contributed by atoms with Crippen LogP contribution in [-0.2, 0) is 18.4 Å². The first kappa shape index (κ1) is 28.8. The van der Waals surface area contributed by atoms with E-state index in [-0.39, 0.29) is 36.5 Å². The summed E-state index contributed by atoms with van der Waals surface area (Å²) in [7, 11) is 1.93. The lowest BCUT2D eigenvalue weighted by Gasteiger charge is -2.33. The summed E-state index contributed by atoms with van der Waals surface area (Å²) >= 11 is 1.40. The zero-order chi connectivity index (χ0) is 31.4. The SMILES string of the molecule is C=CC(=O)N1CCn2nc(-c3nc(-c4ccc5c(c4)ncn5C)c4ccsc4c3-c3c(F)cc(F)cc3OCCO)cc2C1C. The van der Waals surface area contributed by atoms with Crippen LogP contribution >= 0.6 is 11.3 Å². The molecule has 0 saturated carbocycles. The highest BCUT2D eigenvalue weighted by molar-refractivity contribution is 7.18. The van der Waals surface area contributed by atoms with E-state index in [0.29, 0.717) is 40.4 Å². The third-order valence-electron chi connectivity index (χ3n) is 8.18. The van der Waals surface area contributed by atoms with Crippen molar-refractivity contribution in [2.75, 3.05) is 19.8 Å². The number of rotatable bonds is 7. The largest absolute Gasteiger partial charge is 0.490 e. The number of nitrogens with zero attached hydrogens (tertiary/aromatic N) is 6. The van der Waals surface area contributed by atoms with E-state index in [1.54, 1.807) is 11.2 Å². The van der Waals surface area contributed by atoms with Gasteiger partial charge in [0.25, 0.3) is 0 Å². The van der Waals surface area contributed by atoms with Gasteiger partial charge in [-0.1, -0.05) is 12.6 Å². The van der Waals surface area contributed by atoms with E-state index in [4.69, 9.17) is 14.8 Å². The highest BCUT2D eigenvalue weighted by Crippen LogP contribution is 2.47. The molecule has 0 saturated heterocycles. The third kappa shape index (κ3) is 4.77. The number of thiophene rings is 1. The maximum Gasteiger partial charge on any atom is 0.246 e. The van der Waals surface area contributed by atoms with Crippen LogP contribution in [0.5, 0.6) is 5.75 Å². The van der Waals surface area contributed by atoms with Crippen LogP contribution < -0.4 is 4.74 Å². The molecule has 0 aliphatic carbocycles. The van der Waals surface area contributed by atoms with E-state index in [0.717, 1.165) is 39.8 Å². The fourth-order valence-electron chi connectivity index (χ4n) is 6.04. The Balaban J connectivity index is 1.52. The first-order valence-corrected chi connectivity index (χ1v) is 15.2. The van der Waals surface area contributed by atoms with E-state index >= 15 is 4.39 Å². The molecule has 1 N–H and O–H groups in total. The molecule has 9 nitrogen and oxygen atoms in total. The zero-order valence-corrected chi connectivity index (χ0v) is 25.3. The predicted molar refractivity (Wildman–Crippen MR) is 169 cm³/mol. The fraction of sp³-hybridized carbons (Fsp3) is 0.212. The van der Waals surface area contributed by atoms with Crippen LogP contribution in [0.3, 0.4) is 0 Å². The molecule has 0 fully saturated rings. The van der Waals surface area contributed by atoms with Crippen molar-refractivity contribution in [1.82, 2.24) is 29.2 Å². The van der Waals surface area contributed by atoms with Crippen LogP contribution in [0.1, 0.15) is 18.7 Å². The molecule has 7 rings (SSSR count). The van der Waals surface area contributed by atoms with Crippen LogP contribution in [-0.4, -0.2) is 60.0 Å². The van der Waals surface area contributed by atoms with Crippen molar-refractivity contribution >= 4 is 38.4 Å². The van der Waals surface area contributed by atoms with Crippen LogP contribution in [0.2, 0.25) is 0 Å². The Morgan fingerprint density at radius 3 is 2.80 bits per heavy atom. The average molecular weight is 627 g/mol. The summed E-state index contributed by atoms with van der Waals surface area (Å²) in [6.07, 6.45) is 3.04. The summed E-state index contributed by atoms with van der Waals surface area (Å²) in [5.74, 6) is -1.87. The smallest absolute Gasteiger partial charge is 0.246 e. The minimum absolute atomic E-state index is 0.0222. The van der Waals surface area contributed by atoms with Gasteiger partial charge in [-0.25, -0.2) is 18.7 Å². The molecule has 1 aliphatic rings. The van der Waals surface area contributed by atoms with Gasteiger partial charge in [0, 0.05) is 46.9 Å². The summed E-state index contributed by atoms with van der Waals surface area (Å²) in [5, 5.41) is 17.0. The maximum atomic E-state index is 15.9. The van der Waals surface area contributed by atoms with E-state index in [1.807, 2.05) is 58.9 Å². The van der Waals surface area contributed by atoms with Crippen molar-refractivity contribution in [3.05, 3.63) is 84.2 Å². The third-order valence-corrected chi connectivity index (χ3v) is 9.12. The standard InChI is InChI=1S/C33H28F2N6O3S/c1-4-28(43)40-8-9-41-26(18(40)2)16-24(38-41)32-30(29-22(35)14-20(34)15-27(29)44-11-10-42)33-21(7-12-45-33)31(37-32)19-5-6-25-23(13-19)36-17-39(25)3/h4-7,12-18,42H,1,8-11H2,2-3H3. The first-order valence-electron chi connectivity index (χ1n) is 14.4. The molecule has 1 amide bonds. The highest BCUT2D eigenvalue weighted by Gasteiger charge is 2.31. The lowest BCUT2D eigenvalue weighted by Crippen LogP contribution is -2.40. The monoisotopic (exact) mass is 626 g/mol. The van der Waals surface area contributed by atoms with Gasteiger partial charge in [-0.2, -0.15) is 5.10 Å². The highest BCUT2D eigenvalue weighted by atomic mass is 32.1. The van der Waals surface area contributed by atoms with Gasteiger partial charge in [0.15, 0.2) is 0 Å². The molecular weight excluding hydrogens is 598 g/mol. The number of aliphatic hydroxyl groups excluding tert-OH is 1. The number of carbonyl (C=O) groups excluding carboxylic acids is 1. The molecule has 1 atom stereocenters. The lowest BCUT2D eigenvalue weighted by molar-refractivity contribution is -0.129. The van der Waals surface area contributed by atoms with Gasteiger partial charge in [-0.05, 0) is 42.6 Å². The number of aromatic nitrogens is 5. The predicted octanol–water partition coefficient (Wildman–Crippen LogP) is 6.12. The number of pyridine rings is 1. The van der Waals surface area contributed by atoms with Crippen LogP contribution in [0.4, 0.5) is 8.78 Å². The summed E-state index contributed by atoms with van der Waals surface area (Å²) < 4.78 is 40.6. The van der Waals surface area contributed by atoms with Gasteiger partial charge in [-0.15, -0.1) is 11.3 Å². The molecule has 1 aliphatic heterocycles. The molecule has 0 bridgehead atoms. The van der Waals surface area contributed by atoms with Crippen molar-refractivity contribution in [3.8, 4) is 39.5 Å². The number of imidazole rings is 1. The number of hydrogen-bond donors (Lipinski definition) is 1. The first-order chi connectivity index (χ1) is 21.8. The van der Waals surface area contributed by atoms with Gasteiger partial charge in [0.05, 0.1) is 53.5 Å². The van der Waals surface area contributed by atoms with Crippen LogP contribution in [0.25, 0.3) is 54.9 Å². The number of benzene rings is 2. The molecule has 45 heavy (non-hydrogen) atoms. The van der Waals surface area contributed by atoms with Crippen molar-refractivity contribution in [1.29, 1.82) is 0 Å². The number of fused-ring (bicyclic) bond motifs is 3. The number of aliphatic hydroxyl groups is 1. The summed E-state index contributed by atoms with van der Waals surface area (Å²) in [5.41, 5.74) is 5.28. The minimum Gasteiger partial charge on any atom is -0.490 e. The lowest BCUT2D eigenvalue weighted by atomic mass is 9.96. The number of carbonyl (C=O) groups is 1. The quantitative estimate of drug-likeness (QED) is 0.215. The Morgan fingerprint density at radius 2 is 2.00 bits per heavy atom. The van der Waals surface area contributed by atoms with Crippen molar-refractivity contribution < 1.29 is 23.4 Å². The van der Waals surface area contributed by atoms with Gasteiger partial charge < -0.3 is 19.3 Å². The molecule has 0 radical (unpaired) electrons. The van der Waals surface area contributed by atoms with E-state index in [1.165, 1.54) is 17.4 Å². The molecule has 0 spiro atoms. The number of aryl methyl sites for hydroxylation is 1. The Bertz CT molecular complexity index is 2130. The molecular formula is C33H28F2N6O3S. The Hall–Kier alpha value is -4.94. The van der Waals surface area contributed by atoms with Gasteiger partial charge >= 0.3 is 0 Å². The number of halogens is 2. The number of amides is 1. The second kappa shape index (κ2) is 11.2. The minimum atomic E-state index is -0.830. The summed E-state index contributed by atoms with van der Waals surface area (Å²) in [4.78, 5) is 24.0.